The maximum absolute atomic E-state index is 12.9. The summed E-state index contributed by atoms with van der Waals surface area (Å²) in [7, 11) is 0. The van der Waals surface area contributed by atoms with Crippen molar-refractivity contribution in [3.63, 3.8) is 0 Å². The molecule has 1 fully saturated rings. The van der Waals surface area contributed by atoms with Crippen molar-refractivity contribution in [1.29, 1.82) is 0 Å². The Labute approximate surface area is 150 Å². The van der Waals surface area contributed by atoms with Gasteiger partial charge in [-0.2, -0.15) is 13.2 Å². The minimum absolute atomic E-state index is 0.156. The van der Waals surface area contributed by atoms with Crippen molar-refractivity contribution in [2.45, 2.75) is 43.6 Å². The number of halogens is 3. The number of aromatic amines is 1. The van der Waals surface area contributed by atoms with Gasteiger partial charge in [0.15, 0.2) is 0 Å². The lowest BCUT2D eigenvalue weighted by molar-refractivity contribution is -0.139. The van der Waals surface area contributed by atoms with Crippen LogP contribution in [0.3, 0.4) is 0 Å². The summed E-state index contributed by atoms with van der Waals surface area (Å²) in [6.45, 7) is 0. The van der Waals surface area contributed by atoms with E-state index in [9.17, 15) is 33.0 Å². The number of nitrogens with zero attached hydrogens (tertiary/aromatic N) is 1. The Morgan fingerprint density at radius 2 is 1.93 bits per heavy atom. The van der Waals surface area contributed by atoms with Gasteiger partial charge in [-0.05, 0) is 5.56 Å². The Morgan fingerprint density at radius 3 is 2.56 bits per heavy atom. The fourth-order valence-corrected chi connectivity index (χ4v) is 3.07. The Balaban J connectivity index is 1.82. The number of ether oxygens (including phenoxy) is 1. The van der Waals surface area contributed by atoms with Gasteiger partial charge in [0.2, 0.25) is 0 Å². The van der Waals surface area contributed by atoms with Crippen molar-refractivity contribution in [3.8, 4) is 0 Å². The normalized spacial score (nSPS) is 24.1. The minimum atomic E-state index is -4.95. The fraction of sp³-hybridized carbons (Fsp3) is 0.412. The van der Waals surface area contributed by atoms with Crippen molar-refractivity contribution < 1.29 is 28.1 Å². The molecule has 7 nitrogen and oxygen atoms in total. The highest BCUT2D eigenvalue weighted by molar-refractivity contribution is 5.16. The minimum Gasteiger partial charge on any atom is -0.390 e. The lowest BCUT2D eigenvalue weighted by Gasteiger charge is -2.21. The smallest absolute Gasteiger partial charge is 0.390 e. The van der Waals surface area contributed by atoms with Crippen molar-refractivity contribution in [2.24, 2.45) is 0 Å². The largest absolute Gasteiger partial charge is 0.423 e. The molecule has 2 heterocycles. The maximum atomic E-state index is 12.9. The van der Waals surface area contributed by atoms with Crippen LogP contribution in [0.2, 0.25) is 0 Å². The first kappa shape index (κ1) is 19.3. The van der Waals surface area contributed by atoms with Crippen LogP contribution in [0.1, 0.15) is 23.8 Å². The van der Waals surface area contributed by atoms with E-state index in [1.54, 1.807) is 35.3 Å². The van der Waals surface area contributed by atoms with E-state index >= 15 is 0 Å². The summed E-state index contributed by atoms with van der Waals surface area (Å²) in [5.41, 5.74) is -3.41. The molecule has 0 spiro atoms. The number of rotatable bonds is 4. The molecule has 0 amide bonds. The molecule has 0 saturated carbocycles. The van der Waals surface area contributed by atoms with E-state index < -0.39 is 47.5 Å². The van der Waals surface area contributed by atoms with Crippen molar-refractivity contribution >= 4 is 0 Å². The maximum Gasteiger partial charge on any atom is 0.423 e. The van der Waals surface area contributed by atoms with E-state index in [0.29, 0.717) is 10.8 Å². The van der Waals surface area contributed by atoms with Crippen molar-refractivity contribution in [2.75, 3.05) is 0 Å². The fourth-order valence-electron chi connectivity index (χ4n) is 3.07. The first-order chi connectivity index (χ1) is 12.7. The predicted octanol–water partition coefficient (Wildman–Crippen LogP) is 0.807. The Bertz CT molecular complexity index is 909. The molecule has 1 saturated heterocycles. The molecule has 10 heteroatoms. The molecule has 1 unspecified atom stereocenters. The number of aliphatic hydroxyl groups excluding tert-OH is 2. The molecule has 0 bridgehead atoms. The topological polar surface area (TPSA) is 105 Å². The highest BCUT2D eigenvalue weighted by Crippen LogP contribution is 2.32. The monoisotopic (exact) mass is 386 g/mol. The average Bonchev–Trinajstić information content (AvgIpc) is 2.96. The molecule has 3 N–H and O–H groups in total. The third kappa shape index (κ3) is 4.12. The number of hydrogen-bond donors (Lipinski definition) is 3. The second kappa shape index (κ2) is 7.29. The molecule has 0 aliphatic carbocycles. The lowest BCUT2D eigenvalue weighted by Crippen LogP contribution is -2.37. The molecule has 2 aromatic rings. The summed E-state index contributed by atoms with van der Waals surface area (Å²) in [6.07, 6.45) is -9.31. The van der Waals surface area contributed by atoms with Gasteiger partial charge >= 0.3 is 11.9 Å². The number of alkyl halides is 3. The van der Waals surface area contributed by atoms with E-state index in [2.05, 4.69) is 0 Å². The van der Waals surface area contributed by atoms with Crippen LogP contribution in [0, 0.1) is 0 Å². The van der Waals surface area contributed by atoms with Gasteiger partial charge in [0.25, 0.3) is 5.56 Å². The summed E-state index contributed by atoms with van der Waals surface area (Å²) < 4.78 is 44.7. The van der Waals surface area contributed by atoms with Crippen LogP contribution in [0.15, 0.2) is 46.1 Å². The standard InChI is InChI=1S/C17H17F3N2O5/c18-17(19,20)10-8-22(16(26)21-15(10)25)13-7-12(24)14(27-13)11(23)6-9-4-2-1-3-5-9/h1-5,8,11-14,23-24H,6-7H2,(H,21,25,26)/t11?,12-,13+,14+/m0/s1. The second-order valence-electron chi connectivity index (χ2n) is 6.32. The zero-order valence-corrected chi connectivity index (χ0v) is 13.9. The third-order valence-electron chi connectivity index (χ3n) is 4.39. The van der Waals surface area contributed by atoms with Gasteiger partial charge in [0.05, 0.1) is 12.2 Å². The molecule has 0 radical (unpaired) electrons. The Morgan fingerprint density at radius 1 is 1.26 bits per heavy atom. The molecular weight excluding hydrogens is 369 g/mol. The number of H-pyrrole nitrogens is 1. The highest BCUT2D eigenvalue weighted by atomic mass is 19.4. The zero-order valence-electron chi connectivity index (χ0n) is 13.9. The predicted molar refractivity (Wildman–Crippen MR) is 87.0 cm³/mol. The van der Waals surface area contributed by atoms with Crippen molar-refractivity contribution in [3.05, 3.63) is 68.5 Å². The van der Waals surface area contributed by atoms with Crippen LogP contribution in [0.25, 0.3) is 0 Å². The van der Waals surface area contributed by atoms with Gasteiger partial charge in [0.1, 0.15) is 17.9 Å². The van der Waals surface area contributed by atoms with Gasteiger partial charge in [0, 0.05) is 19.0 Å². The van der Waals surface area contributed by atoms with Crippen LogP contribution in [0.4, 0.5) is 13.2 Å². The molecule has 146 valence electrons. The first-order valence-electron chi connectivity index (χ1n) is 8.15. The quantitative estimate of drug-likeness (QED) is 0.721. The first-order valence-corrected chi connectivity index (χ1v) is 8.15. The summed E-state index contributed by atoms with van der Waals surface area (Å²) >= 11 is 0. The van der Waals surface area contributed by atoms with Gasteiger partial charge in [-0.1, -0.05) is 30.3 Å². The van der Waals surface area contributed by atoms with Crippen LogP contribution < -0.4 is 11.2 Å². The molecule has 27 heavy (non-hydrogen) atoms. The van der Waals surface area contributed by atoms with Gasteiger partial charge in [-0.3, -0.25) is 14.3 Å². The molecule has 1 aromatic heterocycles. The number of hydrogen-bond acceptors (Lipinski definition) is 5. The number of aromatic nitrogens is 2. The van der Waals surface area contributed by atoms with Crippen LogP contribution in [-0.4, -0.2) is 38.1 Å². The number of nitrogens with one attached hydrogen (secondary N) is 1. The molecule has 1 aliphatic rings. The summed E-state index contributed by atoms with van der Waals surface area (Å²) in [4.78, 5) is 24.9. The van der Waals surface area contributed by atoms with Gasteiger partial charge < -0.3 is 14.9 Å². The van der Waals surface area contributed by atoms with E-state index in [0.717, 1.165) is 5.56 Å². The summed E-state index contributed by atoms with van der Waals surface area (Å²) in [6, 6.07) is 8.88. The van der Waals surface area contributed by atoms with Crippen LogP contribution >= 0.6 is 0 Å². The van der Waals surface area contributed by atoms with E-state index in [1.165, 1.54) is 0 Å². The molecule has 3 rings (SSSR count). The Kier molecular flexibility index (Phi) is 5.22. The second-order valence-corrected chi connectivity index (χ2v) is 6.32. The number of benzene rings is 1. The van der Waals surface area contributed by atoms with E-state index in [1.807, 2.05) is 0 Å². The molecular formula is C17H17F3N2O5. The summed E-state index contributed by atoms with van der Waals surface area (Å²) in [5, 5.41) is 20.5. The third-order valence-corrected chi connectivity index (χ3v) is 4.39. The average molecular weight is 386 g/mol. The molecule has 1 aliphatic heterocycles. The van der Waals surface area contributed by atoms with Crippen LogP contribution in [-0.2, 0) is 17.3 Å². The lowest BCUT2D eigenvalue weighted by atomic mass is 10.0. The van der Waals surface area contributed by atoms with Gasteiger partial charge in [-0.25, -0.2) is 4.79 Å². The number of aliphatic hydroxyl groups is 2. The van der Waals surface area contributed by atoms with E-state index in [-0.39, 0.29) is 12.8 Å². The van der Waals surface area contributed by atoms with Crippen molar-refractivity contribution in [1.82, 2.24) is 9.55 Å². The van der Waals surface area contributed by atoms with Gasteiger partial charge in [-0.15, -0.1) is 0 Å². The molecule has 1 aromatic carbocycles. The molecule has 4 atom stereocenters. The SMILES string of the molecule is O=c1[nH]c(=O)n([C@H]2C[C@H](O)[C@@H](C(O)Cc3ccccc3)O2)cc1C(F)(F)F. The van der Waals surface area contributed by atoms with E-state index in [4.69, 9.17) is 4.74 Å². The summed E-state index contributed by atoms with van der Waals surface area (Å²) in [5.74, 6) is 0. The Hall–Kier alpha value is -2.43. The zero-order chi connectivity index (χ0) is 19.8. The highest BCUT2D eigenvalue weighted by Gasteiger charge is 2.41. The van der Waals surface area contributed by atoms with Crippen LogP contribution in [0.5, 0.6) is 0 Å².